The molecule has 1 aromatic carbocycles. The third-order valence-corrected chi connectivity index (χ3v) is 3.53. The molecule has 20 heavy (non-hydrogen) atoms. The molecule has 0 saturated carbocycles. The monoisotopic (exact) mass is 345 g/mol. The largest absolute Gasteiger partial charge is 0.382 e. The maximum atomic E-state index is 13.6. The molecule has 0 unspecified atom stereocenters. The average Bonchev–Trinajstić information content (AvgIpc) is 2.70. The van der Waals surface area contributed by atoms with Gasteiger partial charge in [0.1, 0.15) is 5.82 Å². The van der Waals surface area contributed by atoms with E-state index in [9.17, 15) is 4.39 Å². The molecule has 0 aliphatic heterocycles. The number of nitrogens with two attached hydrogens (primary N) is 1. The lowest BCUT2D eigenvalue weighted by atomic mass is 10.3. The summed E-state index contributed by atoms with van der Waals surface area (Å²) in [6.45, 7) is 2.38. The second kappa shape index (κ2) is 7.01. The number of nitrogen functional groups attached to an aromatic ring is 1. The maximum absolute atomic E-state index is 13.6. The van der Waals surface area contributed by atoms with Crippen LogP contribution in [0.5, 0.6) is 0 Å². The number of benzene rings is 1. The highest BCUT2D eigenvalue weighted by Crippen LogP contribution is 2.25. The van der Waals surface area contributed by atoms with Gasteiger partial charge in [-0.05, 0) is 28.4 Å². The van der Waals surface area contributed by atoms with E-state index in [0.717, 1.165) is 6.42 Å². The number of aromatic nitrogens is 2. The summed E-state index contributed by atoms with van der Waals surface area (Å²) in [5.74, 6) is 0.0596. The summed E-state index contributed by atoms with van der Waals surface area (Å²) in [5, 5.41) is 0. The van der Waals surface area contributed by atoms with Gasteiger partial charge in [-0.3, -0.25) is 0 Å². The van der Waals surface area contributed by atoms with Gasteiger partial charge < -0.3 is 19.8 Å². The average molecular weight is 346 g/mol. The zero-order valence-corrected chi connectivity index (χ0v) is 12.8. The highest BCUT2D eigenvalue weighted by atomic mass is 79.9. The summed E-state index contributed by atoms with van der Waals surface area (Å²) in [7, 11) is 1.63. The van der Waals surface area contributed by atoms with E-state index in [1.807, 2.05) is 0 Å². The SMILES string of the molecule is COCCOCCCn1c(N)nc2cc(Br)c(F)cc21. The van der Waals surface area contributed by atoms with E-state index in [1.54, 1.807) is 17.7 Å². The van der Waals surface area contributed by atoms with Crippen LogP contribution >= 0.6 is 15.9 Å². The van der Waals surface area contributed by atoms with Crippen LogP contribution in [0.1, 0.15) is 6.42 Å². The standard InChI is InChI=1S/C13H17BrFN3O2/c1-19-5-6-20-4-2-3-18-12-8-10(15)9(14)7-11(12)17-13(18)16/h7-8H,2-6H2,1H3,(H2,16,17). The zero-order chi connectivity index (χ0) is 14.5. The molecule has 0 radical (unpaired) electrons. The van der Waals surface area contributed by atoms with E-state index in [-0.39, 0.29) is 5.82 Å². The van der Waals surface area contributed by atoms with E-state index in [1.165, 1.54) is 6.07 Å². The number of rotatable bonds is 7. The molecule has 0 bridgehead atoms. The molecule has 2 aromatic rings. The molecule has 5 nitrogen and oxygen atoms in total. The predicted molar refractivity (Wildman–Crippen MR) is 79.1 cm³/mol. The Bertz CT molecular complexity index is 588. The first-order chi connectivity index (χ1) is 9.63. The van der Waals surface area contributed by atoms with Gasteiger partial charge in [0, 0.05) is 26.3 Å². The van der Waals surface area contributed by atoms with Crippen molar-refractivity contribution in [3.05, 3.63) is 22.4 Å². The lowest BCUT2D eigenvalue weighted by Gasteiger charge is -2.07. The third-order valence-electron chi connectivity index (χ3n) is 2.92. The van der Waals surface area contributed by atoms with Crippen LogP contribution in [0.25, 0.3) is 11.0 Å². The zero-order valence-electron chi connectivity index (χ0n) is 11.2. The second-order valence-electron chi connectivity index (χ2n) is 4.34. The van der Waals surface area contributed by atoms with Crippen molar-refractivity contribution in [1.82, 2.24) is 9.55 Å². The van der Waals surface area contributed by atoms with E-state index < -0.39 is 0 Å². The molecule has 110 valence electrons. The molecule has 0 fully saturated rings. The number of methoxy groups -OCH3 is 1. The summed E-state index contributed by atoms with van der Waals surface area (Å²) in [6.07, 6.45) is 0.775. The minimum Gasteiger partial charge on any atom is -0.382 e. The fraction of sp³-hybridized carbons (Fsp3) is 0.462. The van der Waals surface area contributed by atoms with E-state index in [2.05, 4.69) is 20.9 Å². The third kappa shape index (κ3) is 3.47. The summed E-state index contributed by atoms with van der Waals surface area (Å²) >= 11 is 3.14. The molecule has 1 aromatic heterocycles. The molecule has 0 amide bonds. The highest BCUT2D eigenvalue weighted by molar-refractivity contribution is 9.10. The summed E-state index contributed by atoms with van der Waals surface area (Å²) < 4.78 is 26.1. The van der Waals surface area contributed by atoms with Crippen LogP contribution in [-0.4, -0.2) is 36.5 Å². The maximum Gasteiger partial charge on any atom is 0.201 e. The quantitative estimate of drug-likeness (QED) is 0.783. The number of ether oxygens (including phenoxy) is 2. The number of anilines is 1. The van der Waals surface area contributed by atoms with Crippen molar-refractivity contribution in [2.75, 3.05) is 32.7 Å². The van der Waals surface area contributed by atoms with Crippen molar-refractivity contribution in [2.24, 2.45) is 0 Å². The highest BCUT2D eigenvalue weighted by Gasteiger charge is 2.11. The Morgan fingerprint density at radius 2 is 2.15 bits per heavy atom. The van der Waals surface area contributed by atoms with E-state index >= 15 is 0 Å². The van der Waals surface area contributed by atoms with Crippen molar-refractivity contribution in [2.45, 2.75) is 13.0 Å². The molecule has 2 rings (SSSR count). The first kappa shape index (κ1) is 15.2. The Hall–Kier alpha value is -1.18. The molecule has 0 aliphatic carbocycles. The Morgan fingerprint density at radius 3 is 2.90 bits per heavy atom. The van der Waals surface area contributed by atoms with Crippen molar-refractivity contribution in [1.29, 1.82) is 0 Å². The summed E-state index contributed by atoms with van der Waals surface area (Å²) in [4.78, 5) is 4.23. The number of hydrogen-bond acceptors (Lipinski definition) is 4. The molecule has 7 heteroatoms. The lowest BCUT2D eigenvalue weighted by Crippen LogP contribution is -2.08. The number of fused-ring (bicyclic) bond motifs is 1. The molecular formula is C13H17BrFN3O2. The van der Waals surface area contributed by atoms with Gasteiger partial charge >= 0.3 is 0 Å². The van der Waals surface area contributed by atoms with Crippen molar-refractivity contribution >= 4 is 32.9 Å². The van der Waals surface area contributed by atoms with Crippen LogP contribution in [0, 0.1) is 5.82 Å². The molecule has 2 N–H and O–H groups in total. The van der Waals surface area contributed by atoms with Crippen molar-refractivity contribution in [3.63, 3.8) is 0 Å². The molecule has 0 saturated heterocycles. The number of halogens is 2. The number of imidazole rings is 1. The topological polar surface area (TPSA) is 62.3 Å². The summed E-state index contributed by atoms with van der Waals surface area (Å²) in [5.41, 5.74) is 7.24. The first-order valence-corrected chi connectivity index (χ1v) is 7.10. The number of aryl methyl sites for hydroxylation is 1. The lowest BCUT2D eigenvalue weighted by molar-refractivity contribution is 0.0682. The van der Waals surface area contributed by atoms with Crippen molar-refractivity contribution < 1.29 is 13.9 Å². The molecule has 1 heterocycles. The Balaban J connectivity index is 2.02. The Labute approximate surface area is 125 Å². The van der Waals surface area contributed by atoms with Gasteiger partial charge in [-0.1, -0.05) is 0 Å². The van der Waals surface area contributed by atoms with Crippen LogP contribution in [0.2, 0.25) is 0 Å². The molecule has 0 spiro atoms. The number of hydrogen-bond donors (Lipinski definition) is 1. The molecule has 0 atom stereocenters. The summed E-state index contributed by atoms with van der Waals surface area (Å²) in [6, 6.07) is 3.07. The van der Waals surface area contributed by atoms with Crippen LogP contribution in [0.3, 0.4) is 0 Å². The van der Waals surface area contributed by atoms with Gasteiger partial charge in [0.05, 0.1) is 28.7 Å². The Kier molecular flexibility index (Phi) is 5.33. The predicted octanol–water partition coefficient (Wildman–Crippen LogP) is 2.57. The Morgan fingerprint density at radius 1 is 1.35 bits per heavy atom. The molecular weight excluding hydrogens is 329 g/mol. The van der Waals surface area contributed by atoms with Gasteiger partial charge in [0.2, 0.25) is 5.95 Å². The fourth-order valence-electron chi connectivity index (χ4n) is 1.94. The molecule has 0 aliphatic rings. The van der Waals surface area contributed by atoms with Gasteiger partial charge in [-0.15, -0.1) is 0 Å². The minimum atomic E-state index is -0.324. The van der Waals surface area contributed by atoms with Crippen LogP contribution in [-0.2, 0) is 16.0 Å². The second-order valence-corrected chi connectivity index (χ2v) is 5.19. The fourth-order valence-corrected chi connectivity index (χ4v) is 2.27. The smallest absolute Gasteiger partial charge is 0.201 e. The first-order valence-electron chi connectivity index (χ1n) is 6.31. The normalized spacial score (nSPS) is 11.3. The van der Waals surface area contributed by atoms with Gasteiger partial charge in [-0.25, -0.2) is 9.37 Å². The van der Waals surface area contributed by atoms with Crippen LogP contribution in [0.4, 0.5) is 10.3 Å². The number of nitrogens with zero attached hydrogens (tertiary/aromatic N) is 2. The van der Waals surface area contributed by atoms with E-state index in [4.69, 9.17) is 15.2 Å². The van der Waals surface area contributed by atoms with Gasteiger partial charge in [0.15, 0.2) is 0 Å². The van der Waals surface area contributed by atoms with Gasteiger partial charge in [0.25, 0.3) is 0 Å². The minimum absolute atomic E-state index is 0.324. The van der Waals surface area contributed by atoms with Gasteiger partial charge in [-0.2, -0.15) is 0 Å². The van der Waals surface area contributed by atoms with Crippen LogP contribution in [0.15, 0.2) is 16.6 Å². The van der Waals surface area contributed by atoms with E-state index in [0.29, 0.717) is 47.8 Å². The van der Waals surface area contributed by atoms with Crippen molar-refractivity contribution in [3.8, 4) is 0 Å². The van der Waals surface area contributed by atoms with Crippen LogP contribution < -0.4 is 5.73 Å².